The van der Waals surface area contributed by atoms with Gasteiger partial charge in [-0.15, -0.1) is 0 Å². The molecule has 166 valence electrons. The number of hydrogen-bond donors (Lipinski definition) is 2. The van der Waals surface area contributed by atoms with E-state index >= 15 is 0 Å². The Morgan fingerprint density at radius 1 is 1.03 bits per heavy atom. The summed E-state index contributed by atoms with van der Waals surface area (Å²) >= 11 is 0. The maximum absolute atomic E-state index is 5.63. The Labute approximate surface area is 191 Å². The lowest BCUT2D eigenvalue weighted by Gasteiger charge is -2.13. The number of nitrogens with zero attached hydrogens (tertiary/aromatic N) is 5. The molecule has 5 aromatic rings. The number of methoxy groups -OCH3 is 1. The predicted octanol–water partition coefficient (Wildman–Crippen LogP) is 4.77. The Bertz CT molecular complexity index is 1410. The van der Waals surface area contributed by atoms with Gasteiger partial charge < -0.3 is 24.5 Å². The lowest BCUT2D eigenvalue weighted by Crippen LogP contribution is -2.05. The molecule has 0 fully saturated rings. The van der Waals surface area contributed by atoms with Crippen molar-refractivity contribution >= 4 is 28.5 Å². The van der Waals surface area contributed by atoms with E-state index in [4.69, 9.17) is 9.72 Å². The van der Waals surface area contributed by atoms with Gasteiger partial charge in [-0.05, 0) is 30.7 Å². The van der Waals surface area contributed by atoms with Crippen LogP contribution in [0.5, 0.6) is 5.75 Å². The summed E-state index contributed by atoms with van der Waals surface area (Å²) in [6.07, 6.45) is 5.78. The van der Waals surface area contributed by atoms with E-state index in [9.17, 15) is 0 Å². The van der Waals surface area contributed by atoms with Crippen LogP contribution in [-0.4, -0.2) is 38.2 Å². The minimum absolute atomic E-state index is 0.508. The molecule has 0 aliphatic carbocycles. The van der Waals surface area contributed by atoms with Gasteiger partial charge in [0.2, 0.25) is 5.95 Å². The number of anilines is 3. The molecule has 2 aromatic carbocycles. The van der Waals surface area contributed by atoms with Crippen LogP contribution in [0.2, 0.25) is 0 Å². The minimum Gasteiger partial charge on any atom is -0.494 e. The predicted molar refractivity (Wildman–Crippen MR) is 131 cm³/mol. The van der Waals surface area contributed by atoms with E-state index in [2.05, 4.69) is 37.3 Å². The van der Waals surface area contributed by atoms with Gasteiger partial charge in [0.05, 0.1) is 30.2 Å². The fourth-order valence-corrected chi connectivity index (χ4v) is 3.87. The fraction of sp³-hybridized carbons (Fsp3) is 0.160. The van der Waals surface area contributed by atoms with Crippen LogP contribution in [0.4, 0.5) is 17.5 Å². The lowest BCUT2D eigenvalue weighted by atomic mass is 10.2. The van der Waals surface area contributed by atoms with Gasteiger partial charge in [0, 0.05) is 37.7 Å². The first-order valence-electron chi connectivity index (χ1n) is 10.7. The van der Waals surface area contributed by atoms with Crippen LogP contribution in [0.1, 0.15) is 11.3 Å². The number of fused-ring (bicyclic) bond motifs is 1. The molecule has 0 saturated heterocycles. The molecule has 0 saturated carbocycles. The van der Waals surface area contributed by atoms with Gasteiger partial charge in [-0.25, -0.2) is 4.98 Å². The van der Waals surface area contributed by atoms with Crippen molar-refractivity contribution in [3.05, 3.63) is 84.6 Å². The first kappa shape index (κ1) is 20.6. The van der Waals surface area contributed by atoms with Crippen molar-refractivity contribution in [2.24, 2.45) is 0 Å². The minimum atomic E-state index is 0.508. The van der Waals surface area contributed by atoms with E-state index in [1.54, 1.807) is 13.4 Å². The van der Waals surface area contributed by atoms with E-state index in [0.29, 0.717) is 5.95 Å². The third-order valence-corrected chi connectivity index (χ3v) is 5.48. The number of rotatable bonds is 7. The number of nitrogens with one attached hydrogen (secondary N) is 2. The summed E-state index contributed by atoms with van der Waals surface area (Å²) in [6, 6.07) is 18.3. The average molecular weight is 440 g/mol. The van der Waals surface area contributed by atoms with Crippen LogP contribution in [-0.2, 0) is 6.54 Å². The van der Waals surface area contributed by atoms with Crippen molar-refractivity contribution in [1.82, 2.24) is 24.1 Å². The molecule has 8 nitrogen and oxygen atoms in total. The van der Waals surface area contributed by atoms with E-state index < -0.39 is 0 Å². The summed E-state index contributed by atoms with van der Waals surface area (Å²) in [5.41, 5.74) is 4.75. The fourth-order valence-electron chi connectivity index (χ4n) is 3.87. The first-order chi connectivity index (χ1) is 16.1. The van der Waals surface area contributed by atoms with E-state index in [1.807, 2.05) is 73.4 Å². The zero-order valence-corrected chi connectivity index (χ0v) is 18.8. The highest BCUT2D eigenvalue weighted by atomic mass is 16.5. The largest absolute Gasteiger partial charge is 0.494 e. The highest BCUT2D eigenvalue weighted by molar-refractivity contribution is 5.89. The molecule has 0 radical (unpaired) electrons. The number of aryl methyl sites for hydroxylation is 1. The van der Waals surface area contributed by atoms with Crippen molar-refractivity contribution in [1.29, 1.82) is 0 Å². The maximum atomic E-state index is 5.63. The SMILES string of the molecule is CNc1nc(Nc2ccc(-n3cnc(C)c3)c(OC)c2)nc2c1ccn2Cc1ccccc1. The zero-order chi connectivity index (χ0) is 22.8. The molecule has 3 heterocycles. The molecule has 0 amide bonds. The standard InChI is InChI=1S/C25H25N7O/c1-17-14-32(16-27-17)21-10-9-19(13-22(21)33-3)28-25-29-23(26-2)20-11-12-31(24(20)30-25)15-18-7-5-4-6-8-18/h4-14,16H,15H2,1-3H3,(H2,26,28,29,30). The Kier molecular flexibility index (Phi) is 5.40. The van der Waals surface area contributed by atoms with Crippen LogP contribution >= 0.6 is 0 Å². The molecule has 0 unspecified atom stereocenters. The van der Waals surface area contributed by atoms with Crippen LogP contribution in [0, 0.1) is 6.92 Å². The van der Waals surface area contributed by atoms with E-state index in [0.717, 1.165) is 46.2 Å². The Morgan fingerprint density at radius 3 is 2.61 bits per heavy atom. The van der Waals surface area contributed by atoms with E-state index in [1.165, 1.54) is 5.56 Å². The lowest BCUT2D eigenvalue weighted by molar-refractivity contribution is 0.413. The number of ether oxygens (including phenoxy) is 1. The van der Waals surface area contributed by atoms with Gasteiger partial charge in [0.25, 0.3) is 0 Å². The monoisotopic (exact) mass is 439 g/mol. The van der Waals surface area contributed by atoms with Crippen molar-refractivity contribution in [3.63, 3.8) is 0 Å². The smallest absolute Gasteiger partial charge is 0.231 e. The van der Waals surface area contributed by atoms with Gasteiger partial charge in [0.1, 0.15) is 17.2 Å². The quantitative estimate of drug-likeness (QED) is 0.380. The molecule has 5 rings (SSSR count). The van der Waals surface area contributed by atoms with Gasteiger partial charge in [-0.2, -0.15) is 9.97 Å². The molecule has 0 aliphatic heterocycles. The second-order valence-electron chi connectivity index (χ2n) is 7.75. The third-order valence-electron chi connectivity index (χ3n) is 5.48. The number of benzene rings is 2. The molecule has 0 bridgehead atoms. The Balaban J connectivity index is 1.49. The van der Waals surface area contributed by atoms with Crippen molar-refractivity contribution in [3.8, 4) is 11.4 Å². The maximum Gasteiger partial charge on any atom is 0.231 e. The molecular weight excluding hydrogens is 414 g/mol. The molecular formula is C25H25N7O. The third kappa shape index (κ3) is 4.10. The molecule has 3 aromatic heterocycles. The Morgan fingerprint density at radius 2 is 1.88 bits per heavy atom. The van der Waals surface area contributed by atoms with Crippen molar-refractivity contribution in [2.75, 3.05) is 24.8 Å². The van der Waals surface area contributed by atoms with E-state index in [-0.39, 0.29) is 0 Å². The van der Waals surface area contributed by atoms with Crippen LogP contribution in [0.15, 0.2) is 73.3 Å². The van der Waals surface area contributed by atoms with Gasteiger partial charge in [-0.3, -0.25) is 0 Å². The summed E-state index contributed by atoms with van der Waals surface area (Å²) in [6.45, 7) is 2.69. The number of aromatic nitrogens is 5. The second-order valence-corrected chi connectivity index (χ2v) is 7.75. The van der Waals surface area contributed by atoms with Gasteiger partial charge in [-0.1, -0.05) is 30.3 Å². The van der Waals surface area contributed by atoms with Crippen LogP contribution in [0.25, 0.3) is 16.7 Å². The van der Waals surface area contributed by atoms with Crippen molar-refractivity contribution in [2.45, 2.75) is 13.5 Å². The Hall–Kier alpha value is -4.33. The summed E-state index contributed by atoms with van der Waals surface area (Å²) in [5.74, 6) is 2.00. The van der Waals surface area contributed by atoms with Gasteiger partial charge >= 0.3 is 0 Å². The van der Waals surface area contributed by atoms with Crippen molar-refractivity contribution < 1.29 is 4.74 Å². The summed E-state index contributed by atoms with van der Waals surface area (Å²) in [4.78, 5) is 13.8. The number of imidazole rings is 1. The highest BCUT2D eigenvalue weighted by Crippen LogP contribution is 2.29. The molecule has 0 spiro atoms. The van der Waals surface area contributed by atoms with Crippen LogP contribution in [0.3, 0.4) is 0 Å². The average Bonchev–Trinajstić information content (AvgIpc) is 3.45. The molecule has 2 N–H and O–H groups in total. The molecule has 33 heavy (non-hydrogen) atoms. The van der Waals surface area contributed by atoms with Crippen LogP contribution < -0.4 is 15.4 Å². The summed E-state index contributed by atoms with van der Waals surface area (Å²) in [7, 11) is 3.52. The normalized spacial score (nSPS) is 11.0. The second kappa shape index (κ2) is 8.66. The first-order valence-corrected chi connectivity index (χ1v) is 10.7. The molecule has 0 aliphatic rings. The van der Waals surface area contributed by atoms with Gasteiger partial charge in [0.15, 0.2) is 0 Å². The summed E-state index contributed by atoms with van der Waals surface area (Å²) in [5, 5.41) is 7.49. The molecule has 8 heteroatoms. The zero-order valence-electron chi connectivity index (χ0n) is 18.8. The summed E-state index contributed by atoms with van der Waals surface area (Å²) < 4.78 is 9.70. The topological polar surface area (TPSA) is 81.8 Å². The highest BCUT2D eigenvalue weighted by Gasteiger charge is 2.13. The molecule has 0 atom stereocenters. The number of hydrogen-bond acceptors (Lipinski definition) is 6.